The van der Waals surface area contributed by atoms with Gasteiger partial charge in [0.15, 0.2) is 11.6 Å². The minimum absolute atomic E-state index is 0.411. The van der Waals surface area contributed by atoms with Crippen LogP contribution in [-0.2, 0) is 0 Å². The summed E-state index contributed by atoms with van der Waals surface area (Å²) in [4.78, 5) is 10.8. The van der Waals surface area contributed by atoms with Crippen molar-refractivity contribution in [1.82, 2.24) is 15.0 Å². The maximum absolute atomic E-state index is 5.38. The molecule has 4 nitrogen and oxygen atoms in total. The molecule has 2 rings (SSSR count). The Labute approximate surface area is 70.8 Å². The first kappa shape index (κ1) is 8.52. The molecule has 12 heavy (non-hydrogen) atoms. The molecule has 3 N–H and O–H groups in total. The summed E-state index contributed by atoms with van der Waals surface area (Å²) in [6, 6.07) is 3.71. The van der Waals surface area contributed by atoms with Gasteiger partial charge in [-0.05, 0) is 12.1 Å². The van der Waals surface area contributed by atoms with Crippen molar-refractivity contribution in [3.8, 4) is 0 Å². The molecule has 0 amide bonds. The number of nitrogen functional groups attached to an aromatic ring is 1. The van der Waals surface area contributed by atoms with Crippen molar-refractivity contribution in [2.45, 2.75) is 13.8 Å². The number of anilines is 1. The van der Waals surface area contributed by atoms with E-state index in [-0.39, 0.29) is 0 Å². The van der Waals surface area contributed by atoms with Crippen molar-refractivity contribution in [3.63, 3.8) is 0 Å². The first-order valence-corrected chi connectivity index (χ1v) is 3.92. The van der Waals surface area contributed by atoms with Gasteiger partial charge in [-0.2, -0.15) is 4.98 Å². The molecule has 0 saturated carbocycles. The minimum atomic E-state index is 0.411. The topological polar surface area (TPSA) is 67.6 Å². The highest BCUT2D eigenvalue weighted by atomic mass is 15.1. The van der Waals surface area contributed by atoms with Gasteiger partial charge in [-0.1, -0.05) is 13.8 Å². The lowest BCUT2D eigenvalue weighted by atomic mass is 10.4. The van der Waals surface area contributed by atoms with E-state index >= 15 is 0 Å². The number of pyridine rings is 1. The van der Waals surface area contributed by atoms with E-state index in [0.717, 1.165) is 5.52 Å². The zero-order valence-electron chi connectivity index (χ0n) is 7.20. The van der Waals surface area contributed by atoms with Gasteiger partial charge in [-0.25, -0.2) is 4.98 Å². The molecule has 0 aliphatic carbocycles. The highest BCUT2D eigenvalue weighted by Gasteiger charge is 1.96. The highest BCUT2D eigenvalue weighted by Crippen LogP contribution is 2.06. The van der Waals surface area contributed by atoms with Crippen molar-refractivity contribution >= 4 is 17.1 Å². The van der Waals surface area contributed by atoms with Gasteiger partial charge in [-0.3, -0.25) is 0 Å². The number of hydrogen-bond acceptors (Lipinski definition) is 3. The van der Waals surface area contributed by atoms with E-state index in [2.05, 4.69) is 15.0 Å². The predicted molar refractivity (Wildman–Crippen MR) is 49.6 cm³/mol. The second-order valence-corrected chi connectivity index (χ2v) is 2.00. The number of rotatable bonds is 0. The molecule has 0 aliphatic rings. The first-order chi connectivity index (χ1) is 5.86. The van der Waals surface area contributed by atoms with Crippen molar-refractivity contribution in [1.29, 1.82) is 0 Å². The quantitative estimate of drug-likeness (QED) is 0.621. The van der Waals surface area contributed by atoms with Gasteiger partial charge in [0.1, 0.15) is 0 Å². The van der Waals surface area contributed by atoms with E-state index < -0.39 is 0 Å². The summed E-state index contributed by atoms with van der Waals surface area (Å²) in [6.45, 7) is 4.00. The van der Waals surface area contributed by atoms with Crippen molar-refractivity contribution in [2.24, 2.45) is 0 Å². The van der Waals surface area contributed by atoms with Gasteiger partial charge < -0.3 is 10.7 Å². The van der Waals surface area contributed by atoms with E-state index in [1.807, 2.05) is 26.0 Å². The van der Waals surface area contributed by atoms with Gasteiger partial charge in [0.25, 0.3) is 0 Å². The molecule has 0 saturated heterocycles. The Kier molecular flexibility index (Phi) is 2.63. The van der Waals surface area contributed by atoms with Gasteiger partial charge in [0.05, 0.1) is 5.52 Å². The van der Waals surface area contributed by atoms with Crippen LogP contribution >= 0.6 is 0 Å². The summed E-state index contributed by atoms with van der Waals surface area (Å²) in [7, 11) is 0. The van der Waals surface area contributed by atoms with Crippen LogP contribution in [-0.4, -0.2) is 15.0 Å². The monoisotopic (exact) mass is 164 g/mol. The Bertz CT molecular complexity index is 320. The van der Waals surface area contributed by atoms with Gasteiger partial charge >= 0.3 is 0 Å². The number of imidazole rings is 1. The van der Waals surface area contributed by atoms with Crippen molar-refractivity contribution in [3.05, 3.63) is 18.3 Å². The summed E-state index contributed by atoms with van der Waals surface area (Å²) in [5, 5.41) is 0. The number of nitrogens with one attached hydrogen (secondary N) is 1. The van der Waals surface area contributed by atoms with E-state index in [4.69, 9.17) is 5.73 Å². The summed E-state index contributed by atoms with van der Waals surface area (Å²) in [6.07, 6.45) is 1.68. The fourth-order valence-corrected chi connectivity index (χ4v) is 0.864. The molecule has 2 aromatic heterocycles. The van der Waals surface area contributed by atoms with E-state index in [0.29, 0.717) is 11.6 Å². The van der Waals surface area contributed by atoms with Crippen LogP contribution < -0.4 is 5.73 Å². The molecular formula is C8H12N4. The Hall–Kier alpha value is -1.58. The minimum Gasteiger partial charge on any atom is -0.369 e. The maximum atomic E-state index is 5.38. The normalized spacial score (nSPS) is 9.17. The third kappa shape index (κ3) is 1.53. The maximum Gasteiger partial charge on any atom is 0.200 e. The van der Waals surface area contributed by atoms with Crippen molar-refractivity contribution < 1.29 is 0 Å². The number of hydrogen-bond donors (Lipinski definition) is 2. The molecule has 4 heteroatoms. The Morgan fingerprint density at radius 2 is 2.17 bits per heavy atom. The average Bonchev–Trinajstić information content (AvgIpc) is 2.48. The molecule has 0 spiro atoms. The molecule has 0 unspecified atom stereocenters. The van der Waals surface area contributed by atoms with Crippen LogP contribution in [0.1, 0.15) is 13.8 Å². The number of aromatic amines is 1. The lowest BCUT2D eigenvalue weighted by molar-refractivity contribution is 1.31. The van der Waals surface area contributed by atoms with Crippen LogP contribution in [0.4, 0.5) is 5.95 Å². The molecule has 2 heterocycles. The lowest BCUT2D eigenvalue weighted by Crippen LogP contribution is -1.84. The number of nitrogens with two attached hydrogens (primary N) is 1. The third-order valence-corrected chi connectivity index (χ3v) is 1.28. The predicted octanol–water partition coefficient (Wildman–Crippen LogP) is 1.57. The highest BCUT2D eigenvalue weighted by molar-refractivity contribution is 5.72. The van der Waals surface area contributed by atoms with E-state index in [9.17, 15) is 0 Å². The Morgan fingerprint density at radius 1 is 1.42 bits per heavy atom. The van der Waals surface area contributed by atoms with E-state index in [1.165, 1.54) is 0 Å². The summed E-state index contributed by atoms with van der Waals surface area (Å²) in [5.41, 5.74) is 6.93. The molecule has 2 aromatic rings. The first-order valence-electron chi connectivity index (χ1n) is 3.92. The summed E-state index contributed by atoms with van der Waals surface area (Å²) >= 11 is 0. The summed E-state index contributed by atoms with van der Waals surface area (Å²) in [5.74, 6) is 0.411. The molecule has 0 atom stereocenters. The molecule has 0 bridgehead atoms. The van der Waals surface area contributed by atoms with Gasteiger partial charge in [0, 0.05) is 6.20 Å². The molecule has 64 valence electrons. The molecular weight excluding hydrogens is 152 g/mol. The Morgan fingerprint density at radius 3 is 2.83 bits per heavy atom. The van der Waals surface area contributed by atoms with Crippen LogP contribution in [0.5, 0.6) is 0 Å². The van der Waals surface area contributed by atoms with Crippen LogP contribution in [0.25, 0.3) is 11.2 Å². The largest absolute Gasteiger partial charge is 0.369 e. The fraction of sp³-hybridized carbons (Fsp3) is 0.250. The summed E-state index contributed by atoms with van der Waals surface area (Å²) < 4.78 is 0. The molecule has 0 radical (unpaired) electrons. The van der Waals surface area contributed by atoms with Crippen molar-refractivity contribution in [2.75, 3.05) is 5.73 Å². The van der Waals surface area contributed by atoms with Gasteiger partial charge in [0.2, 0.25) is 0 Å². The SMILES string of the molecule is CC.Nc1nc2ncccc2[nH]1. The molecule has 0 fully saturated rings. The van der Waals surface area contributed by atoms with Crippen LogP contribution in [0.15, 0.2) is 18.3 Å². The lowest BCUT2D eigenvalue weighted by Gasteiger charge is -1.80. The average molecular weight is 164 g/mol. The smallest absolute Gasteiger partial charge is 0.200 e. The Balaban J connectivity index is 0.000000336. The number of aromatic nitrogens is 3. The van der Waals surface area contributed by atoms with Crippen LogP contribution in [0.2, 0.25) is 0 Å². The van der Waals surface area contributed by atoms with Crippen LogP contribution in [0.3, 0.4) is 0 Å². The zero-order valence-corrected chi connectivity index (χ0v) is 7.20. The van der Waals surface area contributed by atoms with Crippen LogP contribution in [0, 0.1) is 0 Å². The second kappa shape index (κ2) is 3.71. The zero-order chi connectivity index (χ0) is 8.97. The fourth-order valence-electron chi connectivity index (χ4n) is 0.864. The molecule has 0 aliphatic heterocycles. The third-order valence-electron chi connectivity index (χ3n) is 1.28. The van der Waals surface area contributed by atoms with E-state index in [1.54, 1.807) is 6.20 Å². The standard InChI is InChI=1S/C6H6N4.C2H6/c7-6-9-4-2-1-3-8-5(4)10-6;1-2/h1-3H,(H3,7,8,9,10);1-2H3. The number of fused-ring (bicyclic) bond motifs is 1. The second-order valence-electron chi connectivity index (χ2n) is 2.00. The van der Waals surface area contributed by atoms with Gasteiger partial charge in [-0.15, -0.1) is 0 Å². The number of H-pyrrole nitrogens is 1. The molecule has 0 aromatic carbocycles. The number of nitrogens with zero attached hydrogens (tertiary/aromatic N) is 2.